The molecule has 134 valence electrons. The lowest BCUT2D eigenvalue weighted by Gasteiger charge is -2.09. The SMILES string of the molecule is O=C(Nc1ccc(-c2nc3ccccc3[nH]2)cc1)Nc1c(F)cccc1F. The summed E-state index contributed by atoms with van der Waals surface area (Å²) in [5.74, 6) is -0.976. The highest BCUT2D eigenvalue weighted by Crippen LogP contribution is 2.22. The number of hydrogen-bond acceptors (Lipinski definition) is 2. The van der Waals surface area contributed by atoms with Crippen molar-refractivity contribution in [3.05, 3.63) is 78.4 Å². The van der Waals surface area contributed by atoms with Gasteiger partial charge in [0.25, 0.3) is 0 Å². The monoisotopic (exact) mass is 364 g/mol. The van der Waals surface area contributed by atoms with Gasteiger partial charge in [-0.2, -0.15) is 0 Å². The molecule has 0 fully saturated rings. The molecule has 0 spiro atoms. The van der Waals surface area contributed by atoms with E-state index >= 15 is 0 Å². The van der Waals surface area contributed by atoms with Crippen molar-refractivity contribution in [3.8, 4) is 11.4 Å². The van der Waals surface area contributed by atoms with E-state index in [0.717, 1.165) is 28.7 Å². The number of nitrogens with one attached hydrogen (secondary N) is 3. The van der Waals surface area contributed by atoms with Crippen LogP contribution in [0.3, 0.4) is 0 Å². The van der Waals surface area contributed by atoms with Gasteiger partial charge < -0.3 is 15.6 Å². The third kappa shape index (κ3) is 3.48. The summed E-state index contributed by atoms with van der Waals surface area (Å²) in [6.45, 7) is 0. The molecular formula is C20H14F2N4O. The number of fused-ring (bicyclic) bond motifs is 1. The highest BCUT2D eigenvalue weighted by molar-refractivity contribution is 6.00. The van der Waals surface area contributed by atoms with Crippen LogP contribution in [0.25, 0.3) is 22.4 Å². The van der Waals surface area contributed by atoms with E-state index in [1.807, 2.05) is 24.3 Å². The van der Waals surface area contributed by atoms with Crippen molar-refractivity contribution >= 4 is 28.4 Å². The fourth-order valence-corrected chi connectivity index (χ4v) is 2.69. The molecule has 0 aliphatic heterocycles. The Morgan fingerprint density at radius 2 is 1.56 bits per heavy atom. The number of benzene rings is 3. The number of amides is 2. The largest absolute Gasteiger partial charge is 0.338 e. The number of H-pyrrole nitrogens is 1. The Bertz CT molecular complexity index is 1070. The van der Waals surface area contributed by atoms with Crippen molar-refractivity contribution in [3.63, 3.8) is 0 Å². The standard InChI is InChI=1S/C20H14F2N4O/c21-14-4-3-5-15(22)18(14)26-20(27)23-13-10-8-12(9-11-13)19-24-16-6-1-2-7-17(16)25-19/h1-11H,(H,24,25)(H2,23,26,27). The topological polar surface area (TPSA) is 69.8 Å². The van der Waals surface area contributed by atoms with Gasteiger partial charge in [-0.25, -0.2) is 18.6 Å². The van der Waals surface area contributed by atoms with E-state index in [1.54, 1.807) is 24.3 Å². The van der Waals surface area contributed by atoms with Gasteiger partial charge >= 0.3 is 6.03 Å². The zero-order chi connectivity index (χ0) is 18.8. The van der Waals surface area contributed by atoms with E-state index in [-0.39, 0.29) is 0 Å². The molecule has 0 atom stereocenters. The molecule has 0 aliphatic rings. The van der Waals surface area contributed by atoms with E-state index in [2.05, 4.69) is 20.6 Å². The number of para-hydroxylation sites is 3. The molecule has 0 aliphatic carbocycles. The maximum Gasteiger partial charge on any atom is 0.323 e. The number of carbonyl (C=O) groups is 1. The Labute approximate surface area is 153 Å². The highest BCUT2D eigenvalue weighted by atomic mass is 19.1. The Balaban J connectivity index is 1.48. The number of nitrogens with zero attached hydrogens (tertiary/aromatic N) is 1. The number of hydrogen-bond donors (Lipinski definition) is 3. The van der Waals surface area contributed by atoms with Gasteiger partial charge in [0.1, 0.15) is 23.1 Å². The highest BCUT2D eigenvalue weighted by Gasteiger charge is 2.12. The zero-order valence-corrected chi connectivity index (χ0v) is 14.0. The van der Waals surface area contributed by atoms with E-state index in [0.29, 0.717) is 11.5 Å². The van der Waals surface area contributed by atoms with Crippen LogP contribution in [0.4, 0.5) is 25.0 Å². The normalized spacial score (nSPS) is 10.7. The van der Waals surface area contributed by atoms with E-state index in [1.165, 1.54) is 6.07 Å². The summed E-state index contributed by atoms with van der Waals surface area (Å²) in [4.78, 5) is 19.7. The van der Waals surface area contributed by atoms with Crippen LogP contribution in [-0.4, -0.2) is 16.0 Å². The third-order valence-electron chi connectivity index (χ3n) is 4.01. The van der Waals surface area contributed by atoms with Crippen LogP contribution in [-0.2, 0) is 0 Å². The molecule has 0 saturated heterocycles. The summed E-state index contributed by atoms with van der Waals surface area (Å²) in [7, 11) is 0. The number of urea groups is 1. The first-order valence-corrected chi connectivity index (χ1v) is 8.17. The molecule has 0 saturated carbocycles. The minimum Gasteiger partial charge on any atom is -0.338 e. The first-order chi connectivity index (χ1) is 13.1. The Hall–Kier alpha value is -3.74. The second-order valence-electron chi connectivity index (χ2n) is 5.86. The number of carbonyl (C=O) groups excluding carboxylic acids is 1. The summed E-state index contributed by atoms with van der Waals surface area (Å²) in [5, 5.41) is 4.71. The number of rotatable bonds is 3. The van der Waals surface area contributed by atoms with Crippen LogP contribution in [0.5, 0.6) is 0 Å². The van der Waals surface area contributed by atoms with Gasteiger partial charge in [-0.15, -0.1) is 0 Å². The molecule has 4 rings (SSSR count). The van der Waals surface area contributed by atoms with Crippen molar-refractivity contribution in [1.29, 1.82) is 0 Å². The molecular weight excluding hydrogens is 350 g/mol. The molecule has 3 aromatic carbocycles. The van der Waals surface area contributed by atoms with Crippen LogP contribution >= 0.6 is 0 Å². The number of aromatic amines is 1. The predicted octanol–water partition coefficient (Wildman–Crippen LogP) is 5.15. The summed E-state index contributed by atoms with van der Waals surface area (Å²) in [6.07, 6.45) is 0. The Morgan fingerprint density at radius 1 is 0.852 bits per heavy atom. The molecule has 5 nitrogen and oxygen atoms in total. The van der Waals surface area contributed by atoms with Crippen molar-refractivity contribution in [2.45, 2.75) is 0 Å². The lowest BCUT2D eigenvalue weighted by molar-refractivity contribution is 0.262. The van der Waals surface area contributed by atoms with Gasteiger partial charge in [0, 0.05) is 11.3 Å². The molecule has 1 aromatic heterocycles. The maximum atomic E-state index is 13.6. The van der Waals surface area contributed by atoms with Gasteiger partial charge in [0.2, 0.25) is 0 Å². The molecule has 4 aromatic rings. The Morgan fingerprint density at radius 3 is 2.26 bits per heavy atom. The van der Waals surface area contributed by atoms with Crippen molar-refractivity contribution in [1.82, 2.24) is 9.97 Å². The minimum absolute atomic E-state index is 0.476. The smallest absolute Gasteiger partial charge is 0.323 e. The predicted molar refractivity (Wildman–Crippen MR) is 101 cm³/mol. The van der Waals surface area contributed by atoms with Gasteiger partial charge in [-0.3, -0.25) is 0 Å². The number of anilines is 2. The lowest BCUT2D eigenvalue weighted by Crippen LogP contribution is -2.20. The van der Waals surface area contributed by atoms with Gasteiger partial charge in [0.15, 0.2) is 0 Å². The van der Waals surface area contributed by atoms with Crippen LogP contribution in [0.15, 0.2) is 66.7 Å². The lowest BCUT2D eigenvalue weighted by atomic mass is 10.2. The summed E-state index contributed by atoms with van der Waals surface area (Å²) < 4.78 is 27.2. The minimum atomic E-state index is -0.842. The second kappa shape index (κ2) is 6.87. The molecule has 27 heavy (non-hydrogen) atoms. The van der Waals surface area contributed by atoms with E-state index < -0.39 is 23.4 Å². The Kier molecular flexibility index (Phi) is 4.25. The van der Waals surface area contributed by atoms with Crippen LogP contribution in [0.2, 0.25) is 0 Å². The molecule has 0 radical (unpaired) electrons. The van der Waals surface area contributed by atoms with E-state index in [9.17, 15) is 13.6 Å². The van der Waals surface area contributed by atoms with Crippen molar-refractivity contribution in [2.24, 2.45) is 0 Å². The first kappa shape index (κ1) is 16.7. The van der Waals surface area contributed by atoms with E-state index in [4.69, 9.17) is 0 Å². The molecule has 1 heterocycles. The van der Waals surface area contributed by atoms with Crippen molar-refractivity contribution < 1.29 is 13.6 Å². The molecule has 0 bridgehead atoms. The fraction of sp³-hybridized carbons (Fsp3) is 0. The van der Waals surface area contributed by atoms with Crippen LogP contribution < -0.4 is 10.6 Å². The quantitative estimate of drug-likeness (QED) is 0.470. The zero-order valence-electron chi connectivity index (χ0n) is 14.0. The number of aromatic nitrogens is 2. The third-order valence-corrected chi connectivity index (χ3v) is 4.01. The molecule has 3 N–H and O–H groups in total. The van der Waals surface area contributed by atoms with Crippen LogP contribution in [0.1, 0.15) is 0 Å². The molecule has 2 amide bonds. The summed E-state index contributed by atoms with van der Waals surface area (Å²) in [6, 6.07) is 17.3. The van der Waals surface area contributed by atoms with Crippen molar-refractivity contribution in [2.75, 3.05) is 10.6 Å². The molecule has 7 heteroatoms. The first-order valence-electron chi connectivity index (χ1n) is 8.17. The summed E-state index contributed by atoms with van der Waals surface area (Å²) >= 11 is 0. The number of imidazole rings is 1. The van der Waals surface area contributed by atoms with Crippen LogP contribution in [0, 0.1) is 11.6 Å². The number of halogens is 2. The average molecular weight is 364 g/mol. The average Bonchev–Trinajstić information content (AvgIpc) is 3.10. The van der Waals surface area contributed by atoms with Gasteiger partial charge in [0.05, 0.1) is 11.0 Å². The van der Waals surface area contributed by atoms with Gasteiger partial charge in [-0.1, -0.05) is 18.2 Å². The maximum absolute atomic E-state index is 13.6. The van der Waals surface area contributed by atoms with Gasteiger partial charge in [-0.05, 0) is 48.5 Å². The second-order valence-corrected chi connectivity index (χ2v) is 5.86. The summed E-state index contributed by atoms with van der Waals surface area (Å²) in [5.41, 5.74) is 2.62. The molecule has 0 unspecified atom stereocenters. The fourth-order valence-electron chi connectivity index (χ4n) is 2.69.